The molecule has 0 amide bonds. The Hall–Kier alpha value is -1.22. The first-order valence-corrected chi connectivity index (χ1v) is 4.38. The monoisotopic (exact) mass is 178 g/mol. The molecule has 0 radical (unpaired) electrons. The SMILES string of the molecule is CCc1cc(C(=O)CN)cc(C)n1. The van der Waals surface area contributed by atoms with Gasteiger partial charge in [0.2, 0.25) is 0 Å². The molecule has 0 spiro atoms. The number of pyridine rings is 1. The summed E-state index contributed by atoms with van der Waals surface area (Å²) in [6.45, 7) is 3.96. The molecule has 0 bridgehead atoms. The van der Waals surface area contributed by atoms with E-state index in [0.717, 1.165) is 17.8 Å². The minimum atomic E-state index is -0.0276. The van der Waals surface area contributed by atoms with Crippen LogP contribution in [0.2, 0.25) is 0 Å². The third-order valence-corrected chi connectivity index (χ3v) is 1.88. The Balaban J connectivity index is 3.08. The summed E-state index contributed by atoms with van der Waals surface area (Å²) in [7, 11) is 0. The van der Waals surface area contributed by atoms with Gasteiger partial charge >= 0.3 is 0 Å². The van der Waals surface area contributed by atoms with Crippen LogP contribution in [0.1, 0.15) is 28.7 Å². The first-order valence-electron chi connectivity index (χ1n) is 4.38. The number of rotatable bonds is 3. The van der Waals surface area contributed by atoms with Gasteiger partial charge in [-0.3, -0.25) is 9.78 Å². The topological polar surface area (TPSA) is 56.0 Å². The molecule has 1 aromatic heterocycles. The zero-order chi connectivity index (χ0) is 9.84. The van der Waals surface area contributed by atoms with Gasteiger partial charge in [0, 0.05) is 17.0 Å². The Morgan fingerprint density at radius 2 is 2.23 bits per heavy atom. The molecule has 70 valence electrons. The summed E-state index contributed by atoms with van der Waals surface area (Å²) in [6, 6.07) is 3.58. The molecule has 0 aliphatic rings. The molecule has 1 rings (SSSR count). The van der Waals surface area contributed by atoms with E-state index in [0.29, 0.717) is 5.56 Å². The third-order valence-electron chi connectivity index (χ3n) is 1.88. The van der Waals surface area contributed by atoms with Crippen molar-refractivity contribution in [2.24, 2.45) is 5.73 Å². The molecule has 13 heavy (non-hydrogen) atoms. The first-order chi connectivity index (χ1) is 6.17. The van der Waals surface area contributed by atoms with Gasteiger partial charge in [-0.25, -0.2) is 0 Å². The van der Waals surface area contributed by atoms with Gasteiger partial charge in [-0.2, -0.15) is 0 Å². The maximum atomic E-state index is 11.3. The number of carbonyl (C=O) groups excluding carboxylic acids is 1. The molecule has 3 nitrogen and oxygen atoms in total. The van der Waals surface area contributed by atoms with Crippen molar-refractivity contribution in [2.75, 3.05) is 6.54 Å². The highest BCUT2D eigenvalue weighted by molar-refractivity contribution is 5.97. The number of carbonyl (C=O) groups is 1. The molecule has 1 aromatic rings. The van der Waals surface area contributed by atoms with Gasteiger partial charge in [0.05, 0.1) is 6.54 Å². The third kappa shape index (κ3) is 2.36. The molecular weight excluding hydrogens is 164 g/mol. The smallest absolute Gasteiger partial charge is 0.176 e. The van der Waals surface area contributed by atoms with Crippen molar-refractivity contribution in [1.29, 1.82) is 0 Å². The largest absolute Gasteiger partial charge is 0.324 e. The number of nitrogens with two attached hydrogens (primary N) is 1. The lowest BCUT2D eigenvalue weighted by atomic mass is 10.1. The second-order valence-corrected chi connectivity index (χ2v) is 2.97. The molecule has 0 aromatic carbocycles. The predicted octanol–water partition coefficient (Wildman–Crippen LogP) is 1.09. The van der Waals surface area contributed by atoms with Crippen LogP contribution in [-0.4, -0.2) is 17.3 Å². The highest BCUT2D eigenvalue weighted by Gasteiger charge is 2.05. The van der Waals surface area contributed by atoms with Crippen molar-refractivity contribution in [1.82, 2.24) is 4.98 Å². The van der Waals surface area contributed by atoms with Crippen LogP contribution in [0.15, 0.2) is 12.1 Å². The Morgan fingerprint density at radius 3 is 2.77 bits per heavy atom. The molecule has 0 aliphatic carbocycles. The maximum absolute atomic E-state index is 11.3. The van der Waals surface area contributed by atoms with E-state index < -0.39 is 0 Å². The summed E-state index contributed by atoms with van der Waals surface area (Å²) in [5.41, 5.74) is 7.76. The van der Waals surface area contributed by atoms with Crippen molar-refractivity contribution >= 4 is 5.78 Å². The fourth-order valence-electron chi connectivity index (χ4n) is 1.20. The van der Waals surface area contributed by atoms with E-state index in [1.54, 1.807) is 6.07 Å². The number of aryl methyl sites for hydroxylation is 2. The summed E-state index contributed by atoms with van der Waals surface area (Å²) >= 11 is 0. The van der Waals surface area contributed by atoms with Crippen molar-refractivity contribution in [3.8, 4) is 0 Å². The number of Topliss-reactive ketones (excluding diaryl/α,β-unsaturated/α-hetero) is 1. The van der Waals surface area contributed by atoms with Crippen LogP contribution >= 0.6 is 0 Å². The zero-order valence-corrected chi connectivity index (χ0v) is 8.00. The average molecular weight is 178 g/mol. The van der Waals surface area contributed by atoms with Gasteiger partial charge in [0.25, 0.3) is 0 Å². The maximum Gasteiger partial charge on any atom is 0.176 e. The van der Waals surface area contributed by atoms with Crippen molar-refractivity contribution in [2.45, 2.75) is 20.3 Å². The van der Waals surface area contributed by atoms with Gasteiger partial charge in [0.1, 0.15) is 0 Å². The zero-order valence-electron chi connectivity index (χ0n) is 8.00. The molecule has 0 aliphatic heterocycles. The highest BCUT2D eigenvalue weighted by atomic mass is 16.1. The van der Waals surface area contributed by atoms with E-state index >= 15 is 0 Å². The number of hydrogen-bond donors (Lipinski definition) is 1. The molecule has 0 saturated carbocycles. The minimum absolute atomic E-state index is 0.0276. The predicted molar refractivity (Wildman–Crippen MR) is 51.7 cm³/mol. The molecule has 0 fully saturated rings. The van der Waals surface area contributed by atoms with Crippen LogP contribution in [0.5, 0.6) is 0 Å². The van der Waals surface area contributed by atoms with E-state index in [1.165, 1.54) is 0 Å². The van der Waals surface area contributed by atoms with E-state index in [1.807, 2.05) is 19.9 Å². The lowest BCUT2D eigenvalue weighted by Crippen LogP contribution is -2.14. The van der Waals surface area contributed by atoms with Crippen LogP contribution in [0.4, 0.5) is 0 Å². The Labute approximate surface area is 78.0 Å². The van der Waals surface area contributed by atoms with Crippen molar-refractivity contribution in [3.63, 3.8) is 0 Å². The minimum Gasteiger partial charge on any atom is -0.324 e. The van der Waals surface area contributed by atoms with Crippen LogP contribution in [0.3, 0.4) is 0 Å². The highest BCUT2D eigenvalue weighted by Crippen LogP contribution is 2.06. The quantitative estimate of drug-likeness (QED) is 0.705. The lowest BCUT2D eigenvalue weighted by molar-refractivity contribution is 0.100. The van der Waals surface area contributed by atoms with Crippen LogP contribution < -0.4 is 5.73 Å². The van der Waals surface area contributed by atoms with Crippen LogP contribution in [0, 0.1) is 6.92 Å². The average Bonchev–Trinajstić information content (AvgIpc) is 2.15. The second kappa shape index (κ2) is 4.14. The summed E-state index contributed by atoms with van der Waals surface area (Å²) in [6.07, 6.45) is 0.840. The van der Waals surface area contributed by atoms with Gasteiger partial charge in [-0.05, 0) is 25.5 Å². The molecule has 3 heteroatoms. The summed E-state index contributed by atoms with van der Waals surface area (Å²) < 4.78 is 0. The fraction of sp³-hybridized carbons (Fsp3) is 0.400. The van der Waals surface area contributed by atoms with Gasteiger partial charge in [0.15, 0.2) is 5.78 Å². The second-order valence-electron chi connectivity index (χ2n) is 2.97. The Bertz CT molecular complexity index is 321. The molecular formula is C10H14N2O. The normalized spacial score (nSPS) is 10.1. The summed E-state index contributed by atoms with van der Waals surface area (Å²) in [5, 5.41) is 0. The van der Waals surface area contributed by atoms with E-state index in [-0.39, 0.29) is 12.3 Å². The fourth-order valence-corrected chi connectivity index (χ4v) is 1.20. The van der Waals surface area contributed by atoms with Crippen molar-refractivity contribution < 1.29 is 4.79 Å². The standard InChI is InChI=1S/C10H14N2O/c1-3-9-5-8(10(13)6-11)4-7(2)12-9/h4-5H,3,6,11H2,1-2H3. The van der Waals surface area contributed by atoms with Gasteiger partial charge < -0.3 is 5.73 Å². The molecule has 0 saturated heterocycles. The number of aromatic nitrogens is 1. The molecule has 0 atom stereocenters. The van der Waals surface area contributed by atoms with Gasteiger partial charge in [-0.15, -0.1) is 0 Å². The van der Waals surface area contributed by atoms with E-state index in [2.05, 4.69) is 4.98 Å². The Kier molecular flexibility index (Phi) is 3.14. The number of hydrogen-bond acceptors (Lipinski definition) is 3. The number of nitrogens with zero attached hydrogens (tertiary/aromatic N) is 1. The summed E-state index contributed by atoms with van der Waals surface area (Å²) in [4.78, 5) is 15.6. The molecule has 0 unspecified atom stereocenters. The van der Waals surface area contributed by atoms with Crippen molar-refractivity contribution in [3.05, 3.63) is 29.1 Å². The molecule has 1 heterocycles. The molecule has 2 N–H and O–H groups in total. The van der Waals surface area contributed by atoms with E-state index in [9.17, 15) is 4.79 Å². The Morgan fingerprint density at radius 1 is 1.54 bits per heavy atom. The van der Waals surface area contributed by atoms with Crippen LogP contribution in [-0.2, 0) is 6.42 Å². The lowest BCUT2D eigenvalue weighted by Gasteiger charge is -2.02. The summed E-state index contributed by atoms with van der Waals surface area (Å²) in [5.74, 6) is -0.0276. The van der Waals surface area contributed by atoms with E-state index in [4.69, 9.17) is 5.73 Å². The first kappa shape index (κ1) is 9.86. The van der Waals surface area contributed by atoms with Crippen LogP contribution in [0.25, 0.3) is 0 Å². The van der Waals surface area contributed by atoms with Gasteiger partial charge in [-0.1, -0.05) is 6.92 Å². The number of ketones is 1.